The van der Waals surface area contributed by atoms with Crippen molar-refractivity contribution in [1.82, 2.24) is 20.3 Å². The molecule has 1 N–H and O–H groups in total. The fourth-order valence-electron chi connectivity index (χ4n) is 2.13. The monoisotopic (exact) mass is 284 g/mol. The maximum atomic E-state index is 12.3. The zero-order valence-corrected chi connectivity index (χ0v) is 11.7. The molecule has 0 amide bonds. The normalized spacial score (nSPS) is 11.1. The number of fused-ring (bicyclic) bond motifs is 1. The number of hydrogen-bond donors (Lipinski definition) is 1. The Bertz CT molecular complexity index is 807. The lowest BCUT2D eigenvalue weighted by atomic mass is 10.2. The van der Waals surface area contributed by atoms with Crippen LogP contribution in [0, 0.1) is 0 Å². The first-order valence-corrected chi connectivity index (χ1v) is 6.89. The van der Waals surface area contributed by atoms with E-state index in [1.54, 1.807) is 12.1 Å². The van der Waals surface area contributed by atoms with Gasteiger partial charge in [0, 0.05) is 0 Å². The Morgan fingerprint density at radius 2 is 2.00 bits per heavy atom. The number of furan rings is 1. The number of rotatable bonds is 5. The summed E-state index contributed by atoms with van der Waals surface area (Å²) in [6, 6.07) is 10.9. The number of aromatic nitrogens is 3. The summed E-state index contributed by atoms with van der Waals surface area (Å²) in [6.45, 7) is 3.87. The van der Waals surface area contributed by atoms with Crippen LogP contribution in [0.4, 0.5) is 0 Å². The summed E-state index contributed by atoms with van der Waals surface area (Å²) in [4.78, 5) is 12.3. The van der Waals surface area contributed by atoms with Crippen LogP contribution < -0.4 is 10.9 Å². The molecule has 2 aromatic heterocycles. The highest BCUT2D eigenvalue weighted by Crippen LogP contribution is 2.09. The zero-order chi connectivity index (χ0) is 14.7. The lowest BCUT2D eigenvalue weighted by Gasteiger charge is -2.03. The maximum Gasteiger partial charge on any atom is 0.278 e. The van der Waals surface area contributed by atoms with Gasteiger partial charge in [0.1, 0.15) is 23.6 Å². The summed E-state index contributed by atoms with van der Waals surface area (Å²) >= 11 is 0. The maximum absolute atomic E-state index is 12.3. The average Bonchev–Trinajstić information content (AvgIpc) is 2.96. The molecule has 6 nitrogen and oxygen atoms in total. The molecular weight excluding hydrogens is 268 g/mol. The molecule has 6 heteroatoms. The van der Waals surface area contributed by atoms with E-state index < -0.39 is 0 Å². The molecule has 0 bridgehead atoms. The van der Waals surface area contributed by atoms with E-state index in [2.05, 4.69) is 15.6 Å². The molecule has 0 saturated carbocycles. The van der Waals surface area contributed by atoms with Crippen LogP contribution in [0.15, 0.2) is 45.6 Å². The minimum absolute atomic E-state index is 0.162. The Labute approximate surface area is 121 Å². The predicted molar refractivity (Wildman–Crippen MR) is 79.0 cm³/mol. The predicted octanol–water partition coefficient (Wildman–Crippen LogP) is 1.54. The Morgan fingerprint density at radius 1 is 1.19 bits per heavy atom. The van der Waals surface area contributed by atoms with E-state index in [0.29, 0.717) is 23.2 Å². The van der Waals surface area contributed by atoms with E-state index in [1.807, 2.05) is 31.2 Å². The lowest BCUT2D eigenvalue weighted by Crippen LogP contribution is -2.24. The van der Waals surface area contributed by atoms with Crippen molar-refractivity contribution >= 4 is 10.9 Å². The van der Waals surface area contributed by atoms with Gasteiger partial charge in [-0.15, -0.1) is 5.10 Å². The summed E-state index contributed by atoms with van der Waals surface area (Å²) < 4.78 is 6.98. The fourth-order valence-corrected chi connectivity index (χ4v) is 2.13. The fraction of sp³-hybridized carbons (Fsp3) is 0.267. The van der Waals surface area contributed by atoms with Crippen molar-refractivity contribution in [2.24, 2.45) is 0 Å². The van der Waals surface area contributed by atoms with Gasteiger partial charge in [0.2, 0.25) is 0 Å². The Hall–Kier alpha value is -2.47. The first-order valence-electron chi connectivity index (χ1n) is 6.89. The smallest absolute Gasteiger partial charge is 0.278 e. The topological polar surface area (TPSA) is 73.0 Å². The van der Waals surface area contributed by atoms with Crippen molar-refractivity contribution in [2.45, 2.75) is 20.0 Å². The van der Waals surface area contributed by atoms with Gasteiger partial charge in [-0.1, -0.05) is 24.3 Å². The largest absolute Gasteiger partial charge is 0.463 e. The summed E-state index contributed by atoms with van der Waals surface area (Å²) in [5.41, 5.74) is 0.441. The molecule has 1 aromatic carbocycles. The second kappa shape index (κ2) is 5.88. The van der Waals surface area contributed by atoms with E-state index in [4.69, 9.17) is 4.42 Å². The van der Waals surface area contributed by atoms with Crippen molar-refractivity contribution in [2.75, 3.05) is 6.54 Å². The van der Waals surface area contributed by atoms with Gasteiger partial charge in [-0.05, 0) is 30.8 Å². The quantitative estimate of drug-likeness (QED) is 0.769. The number of nitrogens with zero attached hydrogens (tertiary/aromatic N) is 3. The van der Waals surface area contributed by atoms with Crippen LogP contribution in [0.3, 0.4) is 0 Å². The van der Waals surface area contributed by atoms with Gasteiger partial charge in [-0.25, -0.2) is 4.68 Å². The van der Waals surface area contributed by atoms with Crippen LogP contribution in [0.2, 0.25) is 0 Å². The van der Waals surface area contributed by atoms with Crippen molar-refractivity contribution in [3.05, 3.63) is 58.3 Å². The van der Waals surface area contributed by atoms with Gasteiger partial charge in [0.15, 0.2) is 0 Å². The van der Waals surface area contributed by atoms with Gasteiger partial charge < -0.3 is 9.73 Å². The minimum atomic E-state index is -0.162. The number of benzene rings is 1. The van der Waals surface area contributed by atoms with E-state index in [9.17, 15) is 4.79 Å². The second-order valence-electron chi connectivity index (χ2n) is 4.72. The molecule has 0 aliphatic heterocycles. The van der Waals surface area contributed by atoms with E-state index >= 15 is 0 Å². The van der Waals surface area contributed by atoms with Crippen LogP contribution in [0.25, 0.3) is 10.9 Å². The first-order chi connectivity index (χ1) is 10.3. The van der Waals surface area contributed by atoms with Crippen molar-refractivity contribution in [3.8, 4) is 0 Å². The summed E-state index contributed by atoms with van der Waals surface area (Å²) in [5, 5.41) is 11.8. The third-order valence-corrected chi connectivity index (χ3v) is 3.20. The molecular formula is C15H16N4O2. The molecule has 0 radical (unpaired) electrons. The zero-order valence-electron chi connectivity index (χ0n) is 11.7. The van der Waals surface area contributed by atoms with Gasteiger partial charge in [0.25, 0.3) is 5.56 Å². The van der Waals surface area contributed by atoms with Gasteiger partial charge in [-0.2, -0.15) is 0 Å². The molecule has 2 heterocycles. The Balaban J connectivity index is 1.86. The van der Waals surface area contributed by atoms with E-state index in [-0.39, 0.29) is 12.1 Å². The molecule has 3 rings (SSSR count). The Kier molecular flexibility index (Phi) is 3.79. The molecule has 0 aliphatic carbocycles. The molecule has 0 unspecified atom stereocenters. The van der Waals surface area contributed by atoms with E-state index in [0.717, 1.165) is 12.3 Å². The third kappa shape index (κ3) is 2.85. The third-order valence-electron chi connectivity index (χ3n) is 3.20. The molecule has 0 saturated heterocycles. The van der Waals surface area contributed by atoms with Crippen LogP contribution >= 0.6 is 0 Å². The second-order valence-corrected chi connectivity index (χ2v) is 4.72. The minimum Gasteiger partial charge on any atom is -0.463 e. The first kappa shape index (κ1) is 13.5. The van der Waals surface area contributed by atoms with Crippen LogP contribution in [-0.4, -0.2) is 21.5 Å². The molecule has 0 atom stereocenters. The van der Waals surface area contributed by atoms with Crippen LogP contribution in [-0.2, 0) is 13.1 Å². The Morgan fingerprint density at radius 3 is 2.86 bits per heavy atom. The van der Waals surface area contributed by atoms with Crippen LogP contribution in [0.5, 0.6) is 0 Å². The highest BCUT2D eigenvalue weighted by atomic mass is 16.3. The van der Waals surface area contributed by atoms with E-state index in [1.165, 1.54) is 4.68 Å². The average molecular weight is 284 g/mol. The van der Waals surface area contributed by atoms with Crippen LogP contribution in [0.1, 0.15) is 18.4 Å². The highest BCUT2D eigenvalue weighted by molar-refractivity contribution is 5.76. The van der Waals surface area contributed by atoms with Crippen molar-refractivity contribution < 1.29 is 4.42 Å². The van der Waals surface area contributed by atoms with Gasteiger partial charge >= 0.3 is 0 Å². The van der Waals surface area contributed by atoms with Gasteiger partial charge in [0.05, 0.1) is 11.9 Å². The molecule has 0 spiro atoms. The lowest BCUT2D eigenvalue weighted by molar-refractivity contribution is 0.424. The molecule has 21 heavy (non-hydrogen) atoms. The molecule has 108 valence electrons. The van der Waals surface area contributed by atoms with Crippen molar-refractivity contribution in [3.63, 3.8) is 0 Å². The number of hydrogen-bond acceptors (Lipinski definition) is 5. The standard InChI is InChI=1S/C15H16N4O2/c1-2-16-9-11-7-8-12(21-11)10-19-15(20)13-5-3-4-6-14(13)17-18-19/h3-8,16H,2,9-10H2,1H3. The SMILES string of the molecule is CCNCc1ccc(Cn2nnc3ccccc3c2=O)o1. The highest BCUT2D eigenvalue weighted by Gasteiger charge is 2.08. The summed E-state index contributed by atoms with van der Waals surface area (Å²) in [7, 11) is 0. The molecule has 3 aromatic rings. The summed E-state index contributed by atoms with van der Waals surface area (Å²) in [6.07, 6.45) is 0. The van der Waals surface area contributed by atoms with Gasteiger partial charge in [-0.3, -0.25) is 4.79 Å². The number of nitrogens with one attached hydrogen (secondary N) is 1. The summed E-state index contributed by atoms with van der Waals surface area (Å²) in [5.74, 6) is 1.53. The molecule has 0 aliphatic rings. The van der Waals surface area contributed by atoms with Crippen molar-refractivity contribution in [1.29, 1.82) is 0 Å². The molecule has 0 fully saturated rings.